The number of hydrogen-bond donors (Lipinski definition) is 0. The van der Waals surface area contributed by atoms with Gasteiger partial charge in [0, 0.05) is 0 Å². The van der Waals surface area contributed by atoms with Crippen molar-refractivity contribution in [2.45, 2.75) is 29.1 Å². The number of nitrogens with zero attached hydrogens (tertiary/aromatic N) is 3. The molecular formula is C15H32HfN3. The van der Waals surface area contributed by atoms with Crippen LogP contribution < -0.4 is 0 Å². The van der Waals surface area contributed by atoms with E-state index in [0.717, 1.165) is 19.6 Å². The van der Waals surface area contributed by atoms with Crippen LogP contribution in [0, 0.1) is 0 Å². The first-order valence-corrected chi connectivity index (χ1v) is 18.0. The molecule has 0 heterocycles. The molecule has 0 fully saturated rings. The van der Waals surface area contributed by atoms with Crippen LogP contribution in [0.15, 0.2) is 24.3 Å². The predicted molar refractivity (Wildman–Crippen MR) is 82.8 cm³/mol. The van der Waals surface area contributed by atoms with E-state index >= 15 is 0 Å². The fourth-order valence-corrected chi connectivity index (χ4v) is 27.9. The molecule has 0 radical (unpaired) electrons. The van der Waals surface area contributed by atoms with E-state index in [-0.39, 0.29) is 0 Å². The molecule has 0 atom stereocenters. The Bertz CT molecular complexity index is 323. The van der Waals surface area contributed by atoms with Gasteiger partial charge in [0.25, 0.3) is 0 Å². The molecule has 4 heteroatoms. The van der Waals surface area contributed by atoms with E-state index in [1.165, 1.54) is 0 Å². The second-order valence-corrected chi connectivity index (χ2v) is 28.4. The zero-order valence-electron chi connectivity index (χ0n) is 13.8. The number of allylic oxidation sites excluding steroid dienone is 4. The summed E-state index contributed by atoms with van der Waals surface area (Å²) in [6.07, 6.45) is 9.28. The Labute approximate surface area is 122 Å². The predicted octanol–water partition coefficient (Wildman–Crippen LogP) is 3.24. The Morgan fingerprint density at radius 2 is 1.11 bits per heavy atom. The summed E-state index contributed by atoms with van der Waals surface area (Å²) in [6, 6.07) is 0. The number of rotatable bonds is 7. The van der Waals surface area contributed by atoms with Crippen molar-refractivity contribution in [1.29, 1.82) is 0 Å². The van der Waals surface area contributed by atoms with E-state index in [4.69, 9.17) is 0 Å². The standard InChI is InChI=1S/C5H5.3C3H8N.CH3.Hf/c1-2-4-5-3-1;3*1-3-4-2;;/h1-5H;3*3H2,1-2H3;1H3;/q;3*-1;;+3. The molecule has 0 aromatic heterocycles. The quantitative estimate of drug-likeness (QED) is 0.572. The summed E-state index contributed by atoms with van der Waals surface area (Å²) in [7, 11) is 6.98. The van der Waals surface area contributed by atoms with Crippen LogP contribution in [0.2, 0.25) is 8.35 Å². The van der Waals surface area contributed by atoms with Gasteiger partial charge >= 0.3 is 122 Å². The van der Waals surface area contributed by atoms with Gasteiger partial charge in [-0.3, -0.25) is 0 Å². The Kier molecular flexibility index (Phi) is 5.76. The first-order chi connectivity index (χ1) is 8.87. The molecule has 1 rings (SSSR count). The average Bonchev–Trinajstić information content (AvgIpc) is 2.98. The van der Waals surface area contributed by atoms with E-state index in [0.29, 0.717) is 3.67 Å². The average molecular weight is 433 g/mol. The third-order valence-corrected chi connectivity index (χ3v) is 36.5. The fraction of sp³-hybridized carbons (Fsp3) is 0.733. The molecule has 1 aliphatic carbocycles. The Balaban J connectivity index is 3.49. The van der Waals surface area contributed by atoms with Crippen LogP contribution in [0.4, 0.5) is 0 Å². The maximum atomic E-state index is 2.69. The summed E-state index contributed by atoms with van der Waals surface area (Å²) in [6.45, 7) is 10.2. The molecule has 0 N–H and O–H groups in total. The van der Waals surface area contributed by atoms with E-state index in [2.05, 4.69) is 79.6 Å². The van der Waals surface area contributed by atoms with E-state index in [1.54, 1.807) is 0 Å². The van der Waals surface area contributed by atoms with Crippen LogP contribution >= 0.6 is 0 Å². The molecule has 19 heavy (non-hydrogen) atoms. The van der Waals surface area contributed by atoms with E-state index in [1.807, 2.05) is 0 Å². The SMILES string of the molecule is CC[N](C)[Hf]([CH3])([CH]1C=CC=C1)([N](C)CC)[N](C)CC. The number of hydrogen-bond acceptors (Lipinski definition) is 3. The van der Waals surface area contributed by atoms with Crippen molar-refractivity contribution in [3.05, 3.63) is 24.3 Å². The van der Waals surface area contributed by atoms with Gasteiger partial charge in [0.1, 0.15) is 0 Å². The molecule has 111 valence electrons. The van der Waals surface area contributed by atoms with Gasteiger partial charge in [-0.15, -0.1) is 0 Å². The Morgan fingerprint density at radius 1 is 0.789 bits per heavy atom. The van der Waals surface area contributed by atoms with E-state index in [9.17, 15) is 0 Å². The second-order valence-electron chi connectivity index (χ2n) is 5.98. The van der Waals surface area contributed by atoms with Gasteiger partial charge in [0.05, 0.1) is 0 Å². The summed E-state index contributed by atoms with van der Waals surface area (Å²) in [5, 5.41) is 0. The molecule has 0 unspecified atom stereocenters. The minimum absolute atomic E-state index is 0.580. The van der Waals surface area contributed by atoms with Crippen molar-refractivity contribution >= 4 is 0 Å². The zero-order valence-corrected chi connectivity index (χ0v) is 17.4. The van der Waals surface area contributed by atoms with Gasteiger partial charge in [-0.2, -0.15) is 0 Å². The summed E-state index contributed by atoms with van der Waals surface area (Å²) in [5.74, 6) is 0. The maximum absolute atomic E-state index is 3.57. The molecule has 0 aromatic rings. The van der Waals surface area contributed by atoms with Gasteiger partial charge in [-0.1, -0.05) is 0 Å². The Morgan fingerprint density at radius 3 is 1.37 bits per heavy atom. The second kappa shape index (κ2) is 6.33. The van der Waals surface area contributed by atoms with Crippen molar-refractivity contribution in [2.75, 3.05) is 40.8 Å². The molecule has 0 amide bonds. The van der Waals surface area contributed by atoms with E-state index < -0.39 is 19.4 Å². The van der Waals surface area contributed by atoms with Crippen LogP contribution in [-0.4, -0.2) is 49.4 Å². The van der Waals surface area contributed by atoms with Crippen molar-refractivity contribution in [2.24, 2.45) is 0 Å². The Hall–Kier alpha value is 0.230. The monoisotopic (exact) mass is 434 g/mol. The van der Waals surface area contributed by atoms with Crippen molar-refractivity contribution in [3.63, 3.8) is 0 Å². The van der Waals surface area contributed by atoms with Crippen LogP contribution in [-0.2, 0) is 19.4 Å². The summed E-state index contributed by atoms with van der Waals surface area (Å²) < 4.78 is 11.2. The van der Waals surface area contributed by atoms with Crippen molar-refractivity contribution in [3.8, 4) is 0 Å². The molecule has 0 aromatic carbocycles. The third-order valence-electron chi connectivity index (χ3n) is 5.78. The fourth-order valence-electron chi connectivity index (χ4n) is 3.69. The van der Waals surface area contributed by atoms with Crippen molar-refractivity contribution in [1.82, 2.24) is 8.66 Å². The van der Waals surface area contributed by atoms with Gasteiger partial charge in [-0.05, 0) is 0 Å². The molecule has 0 saturated heterocycles. The van der Waals surface area contributed by atoms with Crippen LogP contribution in [0.25, 0.3) is 0 Å². The summed E-state index contributed by atoms with van der Waals surface area (Å²) in [5.41, 5.74) is 0. The zero-order chi connectivity index (χ0) is 14.7. The van der Waals surface area contributed by atoms with Crippen LogP contribution in [0.5, 0.6) is 0 Å². The first kappa shape index (κ1) is 17.3. The molecular weight excluding hydrogens is 401 g/mol. The van der Waals surface area contributed by atoms with Crippen LogP contribution in [0.3, 0.4) is 0 Å². The van der Waals surface area contributed by atoms with Crippen LogP contribution in [0.1, 0.15) is 20.8 Å². The summed E-state index contributed by atoms with van der Waals surface area (Å²) >= 11 is -3.57. The van der Waals surface area contributed by atoms with Gasteiger partial charge in [0.2, 0.25) is 0 Å². The molecule has 0 aliphatic heterocycles. The van der Waals surface area contributed by atoms with Gasteiger partial charge in [0.15, 0.2) is 0 Å². The molecule has 0 saturated carbocycles. The molecule has 3 nitrogen and oxygen atoms in total. The molecule has 1 aliphatic rings. The van der Waals surface area contributed by atoms with Gasteiger partial charge in [-0.25, -0.2) is 0 Å². The van der Waals surface area contributed by atoms with Gasteiger partial charge < -0.3 is 0 Å². The normalized spacial score (nSPS) is 18.7. The third kappa shape index (κ3) is 2.35. The minimum atomic E-state index is -3.57. The first-order valence-electron chi connectivity index (χ1n) is 7.54. The molecule has 0 spiro atoms. The summed E-state index contributed by atoms with van der Waals surface area (Å²) in [4.78, 5) is 0. The molecule has 0 bridgehead atoms. The van der Waals surface area contributed by atoms with Crippen molar-refractivity contribution < 1.29 is 19.4 Å². The topological polar surface area (TPSA) is 9.72 Å².